The average Bonchev–Trinajstić information content (AvgIpc) is 3.97. The highest BCUT2D eigenvalue weighted by molar-refractivity contribution is 5.79. The van der Waals surface area contributed by atoms with Crippen LogP contribution in [-0.4, -0.2) is 101 Å². The van der Waals surface area contributed by atoms with Crippen LogP contribution >= 0.6 is 0 Å². The van der Waals surface area contributed by atoms with E-state index in [0.717, 1.165) is 19.4 Å². The van der Waals surface area contributed by atoms with E-state index in [1.54, 1.807) is 66.7 Å². The Kier molecular flexibility index (Phi) is 14.7. The highest BCUT2D eigenvalue weighted by atomic mass is 16.7. The summed E-state index contributed by atoms with van der Waals surface area (Å²) in [6, 6.07) is 23.1. The molecule has 20 heteroatoms. The molecule has 364 valence electrons. The maximum Gasteiger partial charge on any atom is 0.514 e. The minimum atomic E-state index is -1.62. The van der Waals surface area contributed by atoms with Crippen LogP contribution in [-0.2, 0) is 70.3 Å². The van der Waals surface area contributed by atoms with Gasteiger partial charge in [0.15, 0.2) is 41.5 Å². The highest BCUT2D eigenvalue weighted by Gasteiger charge is 2.57. The molecule has 3 aliphatic heterocycles. The average molecular weight is 956 g/mol. The number of nitrogens with one attached hydrogen (secondary N) is 1. The van der Waals surface area contributed by atoms with Crippen molar-refractivity contribution in [3.05, 3.63) is 113 Å². The normalized spacial score (nSPS) is 24.0. The van der Waals surface area contributed by atoms with Crippen LogP contribution in [0.1, 0.15) is 60.6 Å². The summed E-state index contributed by atoms with van der Waals surface area (Å²) >= 11 is 0. The summed E-state index contributed by atoms with van der Waals surface area (Å²) in [4.78, 5) is 78.5. The third-order valence-corrected chi connectivity index (χ3v) is 11.8. The van der Waals surface area contributed by atoms with Crippen molar-refractivity contribution in [3.8, 4) is 28.7 Å². The molecular formula is C49H49NO19. The summed E-state index contributed by atoms with van der Waals surface area (Å²) in [5, 5.41) is 2.68. The van der Waals surface area contributed by atoms with Crippen molar-refractivity contribution in [1.29, 1.82) is 0 Å². The van der Waals surface area contributed by atoms with E-state index in [9.17, 15) is 28.8 Å². The Morgan fingerprint density at radius 3 is 1.88 bits per heavy atom. The monoisotopic (exact) mass is 955 g/mol. The highest BCUT2D eigenvalue weighted by Crippen LogP contribution is 2.57. The number of rotatable bonds is 15. The fraction of sp³-hybridized carbons (Fsp3) is 0.388. The lowest BCUT2D eigenvalue weighted by Gasteiger charge is -2.47. The van der Waals surface area contributed by atoms with Crippen molar-refractivity contribution in [3.63, 3.8) is 0 Å². The van der Waals surface area contributed by atoms with E-state index in [4.69, 9.17) is 61.6 Å². The SMILES string of the molecule is COc1cc([C@@H]2c3cc4c(cc3[C@@H](O[C@@H]3O[C@H](COC(C)=O)[C@@H](OC(C)=O)[C@H](NC(=O)OCc5ccccc5)[C@H]3OC(C)=O)[C@H]3COC(=O)[C@H]23)OCO4)cc(OC)c1OC(=O)OCc1ccccc1. The molecule has 0 saturated carbocycles. The number of benzene rings is 4. The largest absolute Gasteiger partial charge is 0.514 e. The second-order valence-corrected chi connectivity index (χ2v) is 16.3. The zero-order valence-electron chi connectivity index (χ0n) is 38.1. The molecule has 2 fully saturated rings. The number of alkyl carbamates (subject to hydrolysis) is 1. The number of ether oxygens (including phenoxy) is 13. The summed E-state index contributed by atoms with van der Waals surface area (Å²) < 4.78 is 75.7. The van der Waals surface area contributed by atoms with Gasteiger partial charge in [0.2, 0.25) is 12.5 Å². The smallest absolute Gasteiger partial charge is 0.493 e. The second kappa shape index (κ2) is 21.2. The zero-order chi connectivity index (χ0) is 48.8. The summed E-state index contributed by atoms with van der Waals surface area (Å²) in [5.41, 5.74) is 2.87. The molecule has 4 aromatic carbocycles. The van der Waals surface area contributed by atoms with Gasteiger partial charge in [0.05, 0.1) is 32.8 Å². The summed E-state index contributed by atoms with van der Waals surface area (Å²) in [6.45, 7) is 2.44. The van der Waals surface area contributed by atoms with Crippen molar-refractivity contribution >= 4 is 36.1 Å². The van der Waals surface area contributed by atoms with E-state index in [2.05, 4.69) is 5.32 Å². The first-order valence-corrected chi connectivity index (χ1v) is 21.8. The lowest BCUT2D eigenvalue weighted by Crippen LogP contribution is -2.67. The van der Waals surface area contributed by atoms with E-state index in [1.165, 1.54) is 21.1 Å². The molecule has 3 heterocycles. The fourth-order valence-corrected chi connectivity index (χ4v) is 8.92. The van der Waals surface area contributed by atoms with E-state index in [1.807, 2.05) is 18.2 Å². The van der Waals surface area contributed by atoms with Gasteiger partial charge in [-0.05, 0) is 52.1 Å². The van der Waals surface area contributed by atoms with Gasteiger partial charge in [0.25, 0.3) is 0 Å². The van der Waals surface area contributed by atoms with Gasteiger partial charge in [0, 0.05) is 32.6 Å². The van der Waals surface area contributed by atoms with E-state index >= 15 is 0 Å². The third-order valence-electron chi connectivity index (χ3n) is 11.8. The first-order valence-electron chi connectivity index (χ1n) is 21.8. The Bertz CT molecular complexity index is 2530. The molecule has 9 atom stereocenters. The lowest BCUT2D eigenvalue weighted by molar-refractivity contribution is -0.303. The van der Waals surface area contributed by atoms with Gasteiger partial charge in [-0.2, -0.15) is 0 Å². The molecule has 0 unspecified atom stereocenters. The molecule has 4 aliphatic rings. The number of esters is 4. The number of carbonyl (C=O) groups is 6. The maximum atomic E-state index is 14.1. The molecule has 1 amide bonds. The van der Waals surface area contributed by atoms with Crippen LogP contribution in [0.5, 0.6) is 28.7 Å². The number of amides is 1. The number of hydrogen-bond donors (Lipinski definition) is 1. The number of fused-ring (bicyclic) bond motifs is 3. The number of carbonyl (C=O) groups excluding carboxylic acids is 6. The van der Waals surface area contributed by atoms with Crippen LogP contribution in [0.4, 0.5) is 9.59 Å². The van der Waals surface area contributed by atoms with Gasteiger partial charge in [-0.3, -0.25) is 19.2 Å². The Morgan fingerprint density at radius 1 is 0.696 bits per heavy atom. The van der Waals surface area contributed by atoms with Crippen molar-refractivity contribution < 1.29 is 90.3 Å². The van der Waals surface area contributed by atoms with Crippen molar-refractivity contribution in [1.82, 2.24) is 5.32 Å². The van der Waals surface area contributed by atoms with Crippen LogP contribution in [0.15, 0.2) is 84.9 Å². The topological polar surface area (TPSA) is 234 Å². The predicted molar refractivity (Wildman–Crippen MR) is 233 cm³/mol. The van der Waals surface area contributed by atoms with Gasteiger partial charge in [-0.15, -0.1) is 0 Å². The van der Waals surface area contributed by atoms with Crippen molar-refractivity contribution in [2.24, 2.45) is 11.8 Å². The van der Waals surface area contributed by atoms with E-state index in [-0.39, 0.29) is 43.9 Å². The molecule has 1 aliphatic carbocycles. The molecule has 1 N–H and O–H groups in total. The van der Waals surface area contributed by atoms with Crippen LogP contribution < -0.4 is 29.0 Å². The Morgan fingerprint density at radius 2 is 1.29 bits per heavy atom. The zero-order valence-corrected chi connectivity index (χ0v) is 38.1. The van der Waals surface area contributed by atoms with Gasteiger partial charge in [0.1, 0.15) is 32.0 Å². The molecule has 69 heavy (non-hydrogen) atoms. The molecule has 20 nitrogen and oxygen atoms in total. The molecule has 0 bridgehead atoms. The molecule has 0 aromatic heterocycles. The van der Waals surface area contributed by atoms with E-state index < -0.39 is 97.2 Å². The number of cyclic esters (lactones) is 1. The summed E-state index contributed by atoms with van der Waals surface area (Å²) in [7, 11) is 2.75. The van der Waals surface area contributed by atoms with Crippen LogP contribution in [0.25, 0.3) is 0 Å². The summed E-state index contributed by atoms with van der Waals surface area (Å²) in [5.74, 6) is -4.73. The van der Waals surface area contributed by atoms with Crippen molar-refractivity contribution in [2.75, 3.05) is 34.2 Å². The fourth-order valence-electron chi connectivity index (χ4n) is 8.92. The first kappa shape index (κ1) is 47.9. The predicted octanol–water partition coefficient (Wildman–Crippen LogP) is 5.59. The summed E-state index contributed by atoms with van der Waals surface area (Å²) in [6.07, 6.45) is -9.04. The van der Waals surface area contributed by atoms with Crippen LogP contribution in [0.2, 0.25) is 0 Å². The van der Waals surface area contributed by atoms with Crippen LogP contribution in [0, 0.1) is 11.8 Å². The number of hydrogen-bond acceptors (Lipinski definition) is 19. The Balaban J connectivity index is 1.17. The molecule has 4 aromatic rings. The lowest BCUT2D eigenvalue weighted by atomic mass is 9.66. The van der Waals surface area contributed by atoms with Gasteiger partial charge >= 0.3 is 36.1 Å². The minimum absolute atomic E-state index is 0.0582. The Hall–Kier alpha value is -7.58. The molecule has 8 rings (SSSR count). The molecule has 0 spiro atoms. The van der Waals surface area contributed by atoms with E-state index in [0.29, 0.717) is 33.8 Å². The standard InChI is InChI=1S/C49H49NO19/c1-25(51)59-23-38-44(65-26(2)52)41(50-48(55)61-20-28-12-8-6-9-13-28)45(66-27(3)53)47(67-38)68-42-32-19-35-34(63-24-64-35)18-31(32)39(40-33(42)22-60-46(40)54)30-16-36(57-4)43(37(17-30)58-5)69-49(56)62-21-29-14-10-7-11-15-29/h6-19,33,38-42,44-45,47H,20-24H2,1-5H3,(H,50,55)/t33-,38+,39+,40-,41-,42+,44+,45+,47-/m0/s1. The molecule has 0 radical (unpaired) electrons. The molecule has 2 saturated heterocycles. The maximum absolute atomic E-state index is 14.1. The second-order valence-electron chi connectivity index (χ2n) is 16.3. The van der Waals surface area contributed by atoms with Gasteiger partial charge in [-0.25, -0.2) is 9.59 Å². The Labute approximate surface area is 395 Å². The number of methoxy groups -OCH3 is 2. The molecular weight excluding hydrogens is 907 g/mol. The van der Waals surface area contributed by atoms with Gasteiger partial charge in [-0.1, -0.05) is 60.7 Å². The first-order chi connectivity index (χ1) is 33.3. The van der Waals surface area contributed by atoms with Gasteiger partial charge < -0.3 is 66.9 Å². The quantitative estimate of drug-likeness (QED) is 0.0869. The van der Waals surface area contributed by atoms with Crippen LogP contribution in [0.3, 0.4) is 0 Å². The van der Waals surface area contributed by atoms with Crippen molar-refractivity contribution in [2.45, 2.75) is 76.7 Å². The third kappa shape index (κ3) is 10.8. The minimum Gasteiger partial charge on any atom is -0.493 e.